The molecule has 2 atom stereocenters. The predicted molar refractivity (Wildman–Crippen MR) is 57.2 cm³/mol. The molecule has 0 spiro atoms. The van der Waals surface area contributed by atoms with Gasteiger partial charge in [-0.25, -0.2) is 4.21 Å². The van der Waals surface area contributed by atoms with E-state index in [1.807, 2.05) is 42.4 Å². The minimum Gasteiger partial charge on any atom is -0.272 e. The monoisotopic (exact) mass is 211 g/mol. The van der Waals surface area contributed by atoms with E-state index in [4.69, 9.17) is 4.18 Å². The van der Waals surface area contributed by atoms with Gasteiger partial charge in [-0.2, -0.15) is 0 Å². The first-order valence-corrected chi connectivity index (χ1v) is 5.63. The summed E-state index contributed by atoms with van der Waals surface area (Å²) in [7, 11) is 0. The van der Waals surface area contributed by atoms with Crippen LogP contribution >= 0.6 is 0 Å². The normalized spacial score (nSPS) is 26.9. The van der Waals surface area contributed by atoms with Crippen molar-refractivity contribution in [3.8, 4) is 0 Å². The predicted octanol–water partition coefficient (Wildman–Crippen LogP) is 1.80. The van der Waals surface area contributed by atoms with Gasteiger partial charge in [0.15, 0.2) is 0 Å². The average molecular weight is 211 g/mol. The van der Waals surface area contributed by atoms with Crippen molar-refractivity contribution in [1.29, 1.82) is 0 Å². The van der Waals surface area contributed by atoms with Gasteiger partial charge < -0.3 is 0 Å². The molecule has 76 valence electrons. The molecule has 1 aromatic carbocycles. The molecule has 0 aromatic heterocycles. The summed E-state index contributed by atoms with van der Waals surface area (Å²) >= 11 is -1.32. The Kier molecular flexibility index (Phi) is 2.56. The van der Waals surface area contributed by atoms with Gasteiger partial charge >= 0.3 is 0 Å². The van der Waals surface area contributed by atoms with Crippen LogP contribution in [-0.4, -0.2) is 16.9 Å². The van der Waals surface area contributed by atoms with Crippen molar-refractivity contribution in [3.05, 3.63) is 29.8 Å². The standard InChI is InChI=1S/C10H13NO2S/c1-8-5-3-4-6-10(8)11-9(2)7-13-14(11)12/h3-6,9H,7H2,1-2H3/t9-,14?/m1/s1. The highest BCUT2D eigenvalue weighted by molar-refractivity contribution is 7.82. The first kappa shape index (κ1) is 9.68. The molecule has 0 saturated carbocycles. The number of anilines is 1. The van der Waals surface area contributed by atoms with Crippen LogP contribution in [0.3, 0.4) is 0 Å². The molecule has 0 amide bonds. The van der Waals surface area contributed by atoms with Crippen LogP contribution < -0.4 is 4.31 Å². The van der Waals surface area contributed by atoms with Crippen LogP contribution in [0.15, 0.2) is 24.3 Å². The molecule has 0 N–H and O–H groups in total. The molecule has 1 heterocycles. The average Bonchev–Trinajstić information content (AvgIpc) is 2.48. The SMILES string of the molecule is Cc1ccccc1N1[C@H](C)COS1=O. The third-order valence-corrected chi connectivity index (χ3v) is 3.54. The van der Waals surface area contributed by atoms with Crippen molar-refractivity contribution in [3.63, 3.8) is 0 Å². The molecule has 4 heteroatoms. The van der Waals surface area contributed by atoms with Gasteiger partial charge in [0.05, 0.1) is 18.3 Å². The van der Waals surface area contributed by atoms with Gasteiger partial charge in [-0.05, 0) is 25.5 Å². The summed E-state index contributed by atoms with van der Waals surface area (Å²) < 4.78 is 18.5. The number of aryl methyl sites for hydroxylation is 1. The first-order chi connectivity index (χ1) is 6.70. The number of hydrogen-bond donors (Lipinski definition) is 0. The number of benzene rings is 1. The molecular weight excluding hydrogens is 198 g/mol. The van der Waals surface area contributed by atoms with Crippen molar-refractivity contribution in [2.45, 2.75) is 19.9 Å². The Morgan fingerprint density at radius 1 is 1.50 bits per heavy atom. The van der Waals surface area contributed by atoms with E-state index in [0.29, 0.717) is 6.61 Å². The Balaban J connectivity index is 2.39. The van der Waals surface area contributed by atoms with Gasteiger partial charge in [0.1, 0.15) is 0 Å². The third kappa shape index (κ3) is 1.55. The molecule has 1 aliphatic heterocycles. The van der Waals surface area contributed by atoms with Crippen LogP contribution in [0.25, 0.3) is 0 Å². The molecule has 0 radical (unpaired) electrons. The maximum atomic E-state index is 11.6. The van der Waals surface area contributed by atoms with E-state index in [-0.39, 0.29) is 6.04 Å². The summed E-state index contributed by atoms with van der Waals surface area (Å²) in [5.41, 5.74) is 2.12. The lowest BCUT2D eigenvalue weighted by atomic mass is 10.2. The summed E-state index contributed by atoms with van der Waals surface area (Å²) in [6, 6.07) is 8.08. The summed E-state index contributed by atoms with van der Waals surface area (Å²) in [6.07, 6.45) is 0. The van der Waals surface area contributed by atoms with Crippen LogP contribution in [0.2, 0.25) is 0 Å². The Morgan fingerprint density at radius 3 is 2.79 bits per heavy atom. The molecule has 1 saturated heterocycles. The fourth-order valence-corrected chi connectivity index (χ4v) is 2.70. The third-order valence-electron chi connectivity index (χ3n) is 2.32. The van der Waals surface area contributed by atoms with Crippen LogP contribution in [0, 0.1) is 6.92 Å². The van der Waals surface area contributed by atoms with Crippen molar-refractivity contribution in [2.24, 2.45) is 0 Å². The Bertz CT molecular complexity index is 367. The quantitative estimate of drug-likeness (QED) is 0.709. The number of hydrogen-bond acceptors (Lipinski definition) is 2. The maximum absolute atomic E-state index is 11.6. The molecule has 1 aliphatic rings. The molecule has 1 unspecified atom stereocenters. The van der Waals surface area contributed by atoms with Crippen LogP contribution in [0.1, 0.15) is 12.5 Å². The summed E-state index contributed by atoms with van der Waals surface area (Å²) in [6.45, 7) is 4.55. The zero-order valence-corrected chi connectivity index (χ0v) is 9.08. The second-order valence-corrected chi connectivity index (χ2v) is 4.53. The lowest BCUT2D eigenvalue weighted by Gasteiger charge is -2.20. The van der Waals surface area contributed by atoms with Crippen molar-refractivity contribution in [1.82, 2.24) is 0 Å². The number of nitrogens with zero attached hydrogens (tertiary/aromatic N) is 1. The minimum absolute atomic E-state index is 0.178. The van der Waals surface area contributed by atoms with E-state index in [9.17, 15) is 4.21 Å². The highest BCUT2D eigenvalue weighted by Gasteiger charge is 2.29. The van der Waals surface area contributed by atoms with Gasteiger partial charge in [-0.3, -0.25) is 8.49 Å². The lowest BCUT2D eigenvalue weighted by molar-refractivity contribution is 0.366. The van der Waals surface area contributed by atoms with Crippen molar-refractivity contribution < 1.29 is 8.39 Å². The maximum Gasteiger partial charge on any atom is 0.264 e. The second-order valence-electron chi connectivity index (χ2n) is 3.46. The number of para-hydroxylation sites is 1. The highest BCUT2D eigenvalue weighted by Crippen LogP contribution is 2.27. The zero-order chi connectivity index (χ0) is 10.1. The molecule has 1 aromatic rings. The van der Waals surface area contributed by atoms with Crippen molar-refractivity contribution in [2.75, 3.05) is 10.9 Å². The van der Waals surface area contributed by atoms with Gasteiger partial charge in [0.25, 0.3) is 11.3 Å². The zero-order valence-electron chi connectivity index (χ0n) is 8.27. The van der Waals surface area contributed by atoms with Gasteiger partial charge in [-0.1, -0.05) is 18.2 Å². The van der Waals surface area contributed by atoms with Crippen LogP contribution in [-0.2, 0) is 15.4 Å². The van der Waals surface area contributed by atoms with E-state index in [2.05, 4.69) is 0 Å². The lowest BCUT2D eigenvalue weighted by Crippen LogP contribution is -2.28. The van der Waals surface area contributed by atoms with E-state index in [1.165, 1.54) is 0 Å². The van der Waals surface area contributed by atoms with Gasteiger partial charge in [0, 0.05) is 0 Å². The Hall–Kier alpha value is -0.870. The van der Waals surface area contributed by atoms with E-state index in [1.54, 1.807) is 0 Å². The van der Waals surface area contributed by atoms with Gasteiger partial charge in [-0.15, -0.1) is 0 Å². The van der Waals surface area contributed by atoms with E-state index < -0.39 is 11.3 Å². The van der Waals surface area contributed by atoms with E-state index >= 15 is 0 Å². The second kappa shape index (κ2) is 3.71. The Labute approximate surface area is 86.5 Å². The molecule has 0 bridgehead atoms. The molecule has 14 heavy (non-hydrogen) atoms. The first-order valence-electron chi connectivity index (χ1n) is 4.60. The molecule has 1 fully saturated rings. The minimum atomic E-state index is -1.32. The van der Waals surface area contributed by atoms with Crippen LogP contribution in [0.4, 0.5) is 5.69 Å². The van der Waals surface area contributed by atoms with E-state index in [0.717, 1.165) is 11.3 Å². The van der Waals surface area contributed by atoms with Crippen LogP contribution in [0.5, 0.6) is 0 Å². The Morgan fingerprint density at radius 2 is 2.21 bits per heavy atom. The fourth-order valence-electron chi connectivity index (χ4n) is 1.56. The highest BCUT2D eigenvalue weighted by atomic mass is 32.2. The fraction of sp³-hybridized carbons (Fsp3) is 0.400. The number of rotatable bonds is 1. The molecule has 2 rings (SSSR count). The molecule has 3 nitrogen and oxygen atoms in total. The summed E-state index contributed by atoms with van der Waals surface area (Å²) in [5, 5.41) is 0. The smallest absolute Gasteiger partial charge is 0.264 e. The van der Waals surface area contributed by atoms with Gasteiger partial charge in [0.2, 0.25) is 0 Å². The topological polar surface area (TPSA) is 29.5 Å². The molecular formula is C10H13NO2S. The largest absolute Gasteiger partial charge is 0.272 e. The molecule has 0 aliphatic carbocycles. The summed E-state index contributed by atoms with van der Waals surface area (Å²) in [4.78, 5) is 0. The summed E-state index contributed by atoms with van der Waals surface area (Å²) in [5.74, 6) is 0. The van der Waals surface area contributed by atoms with Crippen molar-refractivity contribution >= 4 is 17.0 Å².